The second-order valence-electron chi connectivity index (χ2n) is 11.6. The van der Waals surface area contributed by atoms with Crippen molar-refractivity contribution in [2.24, 2.45) is 22.7 Å². The first kappa shape index (κ1) is 28.5. The Kier molecular flexibility index (Phi) is 10.3. The molecule has 2 atom stereocenters. The van der Waals surface area contributed by atoms with Gasteiger partial charge in [0.2, 0.25) is 5.91 Å². The lowest BCUT2D eigenvalue weighted by molar-refractivity contribution is -0.136. The van der Waals surface area contributed by atoms with Crippen molar-refractivity contribution < 1.29 is 24.6 Å². The molecule has 2 unspecified atom stereocenters. The summed E-state index contributed by atoms with van der Waals surface area (Å²) < 4.78 is 0. The Morgan fingerprint density at radius 1 is 1.06 bits per heavy atom. The zero-order valence-electron chi connectivity index (χ0n) is 21.8. The van der Waals surface area contributed by atoms with Gasteiger partial charge in [0.1, 0.15) is 0 Å². The van der Waals surface area contributed by atoms with Crippen molar-refractivity contribution in [1.29, 1.82) is 0 Å². The topological polar surface area (TPSA) is 105 Å². The monoisotopic (exact) mass is 482 g/mol. The van der Waals surface area contributed by atoms with Crippen LogP contribution < -0.4 is 0 Å². The molecule has 3 aliphatic heterocycles. The lowest BCUT2D eigenvalue weighted by Crippen LogP contribution is -2.48. The maximum atomic E-state index is 13.0. The van der Waals surface area contributed by atoms with Crippen LogP contribution in [0.3, 0.4) is 0 Å². The van der Waals surface area contributed by atoms with E-state index in [1.807, 2.05) is 0 Å². The summed E-state index contributed by atoms with van der Waals surface area (Å²) in [7, 11) is 4.40. The summed E-state index contributed by atoms with van der Waals surface area (Å²) in [5, 5.41) is 13.8. The number of hydrogen-bond donors (Lipinski definition) is 2. The molecule has 1 aliphatic carbocycles. The van der Waals surface area contributed by atoms with Crippen molar-refractivity contribution in [3.05, 3.63) is 0 Å². The van der Waals surface area contributed by atoms with Gasteiger partial charge in [0.25, 0.3) is 12.9 Å². The molecule has 4 fully saturated rings. The summed E-state index contributed by atoms with van der Waals surface area (Å²) >= 11 is 0. The molecule has 1 saturated carbocycles. The van der Waals surface area contributed by atoms with Crippen LogP contribution in [0.25, 0.3) is 0 Å². The minimum absolute atomic E-state index is 0.0269. The Morgan fingerprint density at radius 3 is 2.09 bits per heavy atom. The normalized spacial score (nSPS) is 28.6. The van der Waals surface area contributed by atoms with Crippen LogP contribution in [0.2, 0.25) is 0 Å². The van der Waals surface area contributed by atoms with E-state index in [9.17, 15) is 4.79 Å². The van der Waals surface area contributed by atoms with E-state index in [0.717, 1.165) is 44.4 Å². The molecule has 9 nitrogen and oxygen atoms in total. The number of fused-ring (bicyclic) bond motifs is 1. The Balaban J connectivity index is 0.000000618. The van der Waals surface area contributed by atoms with Crippen molar-refractivity contribution in [3.8, 4) is 0 Å². The van der Waals surface area contributed by atoms with Gasteiger partial charge in [0.15, 0.2) is 0 Å². The quantitative estimate of drug-likeness (QED) is 0.551. The smallest absolute Gasteiger partial charge is 0.290 e. The molecule has 0 spiro atoms. The second kappa shape index (κ2) is 12.3. The minimum Gasteiger partial charge on any atom is -0.483 e. The van der Waals surface area contributed by atoms with Gasteiger partial charge in [0, 0.05) is 56.1 Å². The minimum atomic E-state index is -0.250. The Bertz CT molecular complexity index is 670. The van der Waals surface area contributed by atoms with E-state index in [-0.39, 0.29) is 23.8 Å². The zero-order valence-corrected chi connectivity index (χ0v) is 21.8. The third-order valence-electron chi connectivity index (χ3n) is 7.92. The molecular weight excluding hydrogens is 436 g/mol. The van der Waals surface area contributed by atoms with Crippen molar-refractivity contribution in [3.63, 3.8) is 0 Å². The highest BCUT2D eigenvalue weighted by molar-refractivity contribution is 5.85. The molecule has 3 saturated heterocycles. The van der Waals surface area contributed by atoms with Gasteiger partial charge in [-0.25, -0.2) is 0 Å². The number of carbonyl (C=O) groups excluding carboxylic acids is 1. The number of rotatable bonds is 6. The summed E-state index contributed by atoms with van der Waals surface area (Å²) in [5.41, 5.74) is 0.250. The van der Waals surface area contributed by atoms with Crippen molar-refractivity contribution in [2.45, 2.75) is 52.5 Å². The zero-order chi connectivity index (χ0) is 25.5. The molecule has 4 rings (SSSR count). The fourth-order valence-electron chi connectivity index (χ4n) is 6.27. The molecule has 0 radical (unpaired) electrons. The number of likely N-dealkylation sites (tertiary alicyclic amines) is 3. The number of amides is 1. The van der Waals surface area contributed by atoms with Gasteiger partial charge in [0.05, 0.1) is 0 Å². The van der Waals surface area contributed by atoms with Crippen LogP contribution in [-0.2, 0) is 14.4 Å². The molecule has 2 N–H and O–H groups in total. The van der Waals surface area contributed by atoms with E-state index < -0.39 is 0 Å². The molecule has 3 heterocycles. The maximum Gasteiger partial charge on any atom is 0.290 e. The molecule has 0 aromatic heterocycles. The lowest BCUT2D eigenvalue weighted by atomic mass is 9.80. The van der Waals surface area contributed by atoms with Gasteiger partial charge in [-0.15, -0.1) is 0 Å². The molecule has 0 aromatic carbocycles. The molecule has 4 aliphatic rings. The van der Waals surface area contributed by atoms with Crippen LogP contribution in [-0.4, -0.2) is 121 Å². The van der Waals surface area contributed by atoms with Crippen LogP contribution in [0.4, 0.5) is 0 Å². The third-order valence-corrected chi connectivity index (χ3v) is 7.92. The predicted molar refractivity (Wildman–Crippen MR) is 132 cm³/mol. The van der Waals surface area contributed by atoms with Crippen molar-refractivity contribution >= 4 is 18.9 Å². The first-order valence-corrected chi connectivity index (χ1v) is 12.6. The molecule has 9 heteroatoms. The van der Waals surface area contributed by atoms with E-state index >= 15 is 0 Å². The van der Waals surface area contributed by atoms with Crippen LogP contribution >= 0.6 is 0 Å². The number of hydrogen-bond acceptors (Lipinski definition) is 6. The Morgan fingerprint density at radius 2 is 1.62 bits per heavy atom. The summed E-state index contributed by atoms with van der Waals surface area (Å²) in [4.78, 5) is 39.8. The summed E-state index contributed by atoms with van der Waals surface area (Å²) in [5.74, 6) is 1.85. The van der Waals surface area contributed by atoms with Gasteiger partial charge in [-0.3, -0.25) is 19.3 Å². The van der Waals surface area contributed by atoms with Gasteiger partial charge in [-0.05, 0) is 64.7 Å². The SMILES string of the molecule is CC(C)CN1CCC(N2CC3CN(C(=O)C4(C)CC4)CC3(CN(C)C)C2)CC1.O=CO.O=CO. The summed E-state index contributed by atoms with van der Waals surface area (Å²) in [6.45, 7) is 15.5. The molecular formula is C25H46N4O5. The number of piperidine rings is 1. The Hall–Kier alpha value is -1.71. The average Bonchev–Trinajstić information content (AvgIpc) is 3.28. The number of nitrogens with zero attached hydrogens (tertiary/aromatic N) is 4. The van der Waals surface area contributed by atoms with Gasteiger partial charge >= 0.3 is 0 Å². The molecule has 0 aromatic rings. The highest BCUT2D eigenvalue weighted by Crippen LogP contribution is 2.50. The first-order chi connectivity index (χ1) is 16.0. The Labute approximate surface area is 205 Å². The van der Waals surface area contributed by atoms with Crippen molar-refractivity contribution in [2.75, 3.05) is 66.5 Å². The number of carboxylic acid groups (broad SMARTS) is 2. The maximum absolute atomic E-state index is 13.0. The highest BCUT2D eigenvalue weighted by Gasteiger charge is 2.57. The largest absolute Gasteiger partial charge is 0.483 e. The highest BCUT2D eigenvalue weighted by atomic mass is 16.3. The molecule has 1 amide bonds. The van der Waals surface area contributed by atoms with Crippen LogP contribution in [0, 0.1) is 22.7 Å². The van der Waals surface area contributed by atoms with Gasteiger partial charge in [-0.2, -0.15) is 0 Å². The third kappa shape index (κ3) is 7.15. The second-order valence-corrected chi connectivity index (χ2v) is 11.6. The fraction of sp³-hybridized carbons (Fsp3) is 0.880. The van der Waals surface area contributed by atoms with Gasteiger partial charge in [-0.1, -0.05) is 20.8 Å². The van der Waals surface area contributed by atoms with E-state index in [1.165, 1.54) is 45.6 Å². The van der Waals surface area contributed by atoms with Crippen molar-refractivity contribution in [1.82, 2.24) is 19.6 Å². The van der Waals surface area contributed by atoms with E-state index in [4.69, 9.17) is 19.8 Å². The molecule has 34 heavy (non-hydrogen) atoms. The van der Waals surface area contributed by atoms with Crippen LogP contribution in [0.15, 0.2) is 0 Å². The summed E-state index contributed by atoms with van der Waals surface area (Å²) in [6.07, 6.45) is 4.82. The predicted octanol–water partition coefficient (Wildman–Crippen LogP) is 1.63. The van der Waals surface area contributed by atoms with E-state index in [0.29, 0.717) is 11.8 Å². The first-order valence-electron chi connectivity index (χ1n) is 12.6. The molecule has 0 bridgehead atoms. The van der Waals surface area contributed by atoms with E-state index in [2.05, 4.69) is 54.5 Å². The van der Waals surface area contributed by atoms with Crippen LogP contribution in [0.1, 0.15) is 46.5 Å². The summed E-state index contributed by atoms with van der Waals surface area (Å²) in [6, 6.07) is 0.748. The standard InChI is InChI=1S/C23H42N4O.2CH2O2/c1-18(2)12-25-10-6-20(7-11-25)26-13-19-14-27(21(28)22(3)8-9-22)17-23(19,16-26)15-24(4)5;2*2-1-3/h18-20H,6-17H2,1-5H3;2*1H,(H,2,3). The number of carbonyl (C=O) groups is 3. The lowest BCUT2D eigenvalue weighted by Gasteiger charge is -2.39. The molecule has 196 valence electrons. The average molecular weight is 483 g/mol. The van der Waals surface area contributed by atoms with Crippen LogP contribution in [0.5, 0.6) is 0 Å². The fourth-order valence-corrected chi connectivity index (χ4v) is 6.27. The van der Waals surface area contributed by atoms with Gasteiger partial charge < -0.3 is 24.9 Å². The van der Waals surface area contributed by atoms with E-state index in [1.54, 1.807) is 0 Å².